The first-order chi connectivity index (χ1) is 10.1. The third-order valence-electron chi connectivity index (χ3n) is 4.39. The molecule has 0 bridgehead atoms. The molecule has 0 radical (unpaired) electrons. The number of rotatable bonds is 3. The second-order valence-corrected chi connectivity index (χ2v) is 5.96. The first kappa shape index (κ1) is 13.9. The zero-order valence-electron chi connectivity index (χ0n) is 12.1. The zero-order valence-corrected chi connectivity index (χ0v) is 12.1. The number of aromatic carboxylic acids is 1. The van der Waals surface area contributed by atoms with Crippen molar-refractivity contribution >= 4 is 5.97 Å². The summed E-state index contributed by atoms with van der Waals surface area (Å²) in [6, 6.07) is 9.70. The number of carboxylic acids is 1. The molecule has 0 unspecified atom stereocenters. The molecular weight excluding hydrogens is 266 g/mol. The molecule has 1 heterocycles. The van der Waals surface area contributed by atoms with Gasteiger partial charge in [0.15, 0.2) is 0 Å². The maximum Gasteiger partial charge on any atom is 0.374 e. The summed E-state index contributed by atoms with van der Waals surface area (Å²) in [7, 11) is 0. The van der Waals surface area contributed by atoms with Crippen LogP contribution in [0, 0.1) is 5.92 Å². The molecule has 0 amide bonds. The van der Waals surface area contributed by atoms with Crippen LogP contribution in [0.5, 0.6) is 0 Å². The number of benzene rings is 1. The summed E-state index contributed by atoms with van der Waals surface area (Å²) in [6.07, 6.45) is 5.01. The molecule has 1 aromatic carbocycles. The molecule has 1 aromatic heterocycles. The van der Waals surface area contributed by atoms with Gasteiger partial charge in [0.05, 0.1) is 0 Å². The van der Waals surface area contributed by atoms with Crippen molar-refractivity contribution < 1.29 is 14.4 Å². The van der Waals surface area contributed by atoms with Crippen molar-refractivity contribution in [3.63, 3.8) is 0 Å². The second-order valence-electron chi connectivity index (χ2n) is 5.96. The number of carbonyl (C=O) groups is 1. The molecule has 1 aliphatic rings. The minimum absolute atomic E-state index is 0.123. The summed E-state index contributed by atoms with van der Waals surface area (Å²) in [5.74, 6) is 0.221. The van der Waals surface area contributed by atoms with Gasteiger partial charge in [0.25, 0.3) is 0 Å². The van der Waals surface area contributed by atoms with Crippen molar-refractivity contribution in [3.05, 3.63) is 41.7 Å². The number of carboxylic acid groups (broad SMARTS) is 1. The van der Waals surface area contributed by atoms with Crippen LogP contribution in [0.4, 0.5) is 0 Å². The fourth-order valence-corrected chi connectivity index (χ4v) is 3.06. The van der Waals surface area contributed by atoms with Gasteiger partial charge in [0.2, 0.25) is 5.76 Å². The highest BCUT2D eigenvalue weighted by molar-refractivity contribution is 5.85. The van der Waals surface area contributed by atoms with Gasteiger partial charge >= 0.3 is 5.97 Å². The molecule has 1 fully saturated rings. The highest BCUT2D eigenvalue weighted by Gasteiger charge is 2.20. The Morgan fingerprint density at radius 1 is 1.24 bits per heavy atom. The van der Waals surface area contributed by atoms with E-state index in [4.69, 9.17) is 9.63 Å². The van der Waals surface area contributed by atoms with Gasteiger partial charge in [-0.3, -0.25) is 0 Å². The maximum atomic E-state index is 10.9. The maximum absolute atomic E-state index is 10.9. The SMILES string of the molecule is CC1CCC(c2cccc(-c3cc(C(=O)O)on3)c2)CC1. The summed E-state index contributed by atoms with van der Waals surface area (Å²) in [4.78, 5) is 10.9. The lowest BCUT2D eigenvalue weighted by Gasteiger charge is -2.26. The average molecular weight is 285 g/mol. The lowest BCUT2D eigenvalue weighted by atomic mass is 9.79. The van der Waals surface area contributed by atoms with Crippen molar-refractivity contribution in [2.75, 3.05) is 0 Å². The smallest absolute Gasteiger partial charge is 0.374 e. The third-order valence-corrected chi connectivity index (χ3v) is 4.39. The van der Waals surface area contributed by atoms with Gasteiger partial charge in [-0.2, -0.15) is 0 Å². The summed E-state index contributed by atoms with van der Waals surface area (Å²) in [6.45, 7) is 2.31. The van der Waals surface area contributed by atoms with E-state index < -0.39 is 5.97 Å². The topological polar surface area (TPSA) is 63.3 Å². The van der Waals surface area contributed by atoms with Crippen LogP contribution in [0.15, 0.2) is 34.9 Å². The zero-order chi connectivity index (χ0) is 14.8. The van der Waals surface area contributed by atoms with Crippen LogP contribution >= 0.6 is 0 Å². The van der Waals surface area contributed by atoms with E-state index in [9.17, 15) is 4.79 Å². The predicted octanol–water partition coefficient (Wildman–Crippen LogP) is 4.33. The molecule has 0 atom stereocenters. The molecule has 1 aliphatic carbocycles. The van der Waals surface area contributed by atoms with Crippen LogP contribution in [0.2, 0.25) is 0 Å². The van der Waals surface area contributed by atoms with E-state index in [1.165, 1.54) is 37.3 Å². The fourth-order valence-electron chi connectivity index (χ4n) is 3.06. The Morgan fingerprint density at radius 2 is 2.00 bits per heavy atom. The van der Waals surface area contributed by atoms with Gasteiger partial charge in [-0.1, -0.05) is 43.1 Å². The number of aromatic nitrogens is 1. The molecule has 3 rings (SSSR count). The van der Waals surface area contributed by atoms with Crippen LogP contribution in [-0.4, -0.2) is 16.2 Å². The first-order valence-corrected chi connectivity index (χ1v) is 7.44. The molecular formula is C17H19NO3. The summed E-state index contributed by atoms with van der Waals surface area (Å²) in [5.41, 5.74) is 2.82. The van der Waals surface area contributed by atoms with Gasteiger partial charge in [-0.05, 0) is 36.3 Å². The Morgan fingerprint density at radius 3 is 2.67 bits per heavy atom. The Hall–Kier alpha value is -2.10. The lowest BCUT2D eigenvalue weighted by Crippen LogP contribution is -2.10. The highest BCUT2D eigenvalue weighted by Crippen LogP contribution is 2.36. The Labute approximate surface area is 123 Å². The average Bonchev–Trinajstić information content (AvgIpc) is 2.98. The predicted molar refractivity (Wildman–Crippen MR) is 79.3 cm³/mol. The summed E-state index contributed by atoms with van der Waals surface area (Å²) >= 11 is 0. The largest absolute Gasteiger partial charge is 0.475 e. The molecule has 4 nitrogen and oxygen atoms in total. The Bertz CT molecular complexity index is 639. The van der Waals surface area contributed by atoms with E-state index in [2.05, 4.69) is 24.2 Å². The quantitative estimate of drug-likeness (QED) is 0.911. The van der Waals surface area contributed by atoms with Crippen LogP contribution in [0.1, 0.15) is 54.6 Å². The second kappa shape index (κ2) is 5.72. The van der Waals surface area contributed by atoms with Gasteiger partial charge < -0.3 is 9.63 Å². The van der Waals surface area contributed by atoms with Crippen molar-refractivity contribution in [1.29, 1.82) is 0 Å². The Kier molecular flexibility index (Phi) is 3.78. The van der Waals surface area contributed by atoms with Crippen molar-refractivity contribution in [3.8, 4) is 11.3 Å². The van der Waals surface area contributed by atoms with Gasteiger partial charge in [-0.25, -0.2) is 4.79 Å². The van der Waals surface area contributed by atoms with E-state index in [1.807, 2.05) is 12.1 Å². The summed E-state index contributed by atoms with van der Waals surface area (Å²) in [5, 5.41) is 12.7. The van der Waals surface area contributed by atoms with E-state index >= 15 is 0 Å². The third kappa shape index (κ3) is 2.99. The van der Waals surface area contributed by atoms with Gasteiger partial charge in [0.1, 0.15) is 5.69 Å². The molecule has 2 aromatic rings. The molecule has 110 valence electrons. The molecule has 1 saturated carbocycles. The molecule has 0 aliphatic heterocycles. The number of hydrogen-bond acceptors (Lipinski definition) is 3. The molecule has 0 spiro atoms. The van der Waals surface area contributed by atoms with Crippen LogP contribution in [-0.2, 0) is 0 Å². The van der Waals surface area contributed by atoms with E-state index in [1.54, 1.807) is 0 Å². The normalized spacial score (nSPS) is 22.1. The van der Waals surface area contributed by atoms with Crippen molar-refractivity contribution in [2.45, 2.75) is 38.5 Å². The molecule has 21 heavy (non-hydrogen) atoms. The van der Waals surface area contributed by atoms with Crippen LogP contribution in [0.25, 0.3) is 11.3 Å². The first-order valence-electron chi connectivity index (χ1n) is 7.44. The van der Waals surface area contributed by atoms with Crippen LogP contribution < -0.4 is 0 Å². The van der Waals surface area contributed by atoms with Crippen molar-refractivity contribution in [1.82, 2.24) is 5.16 Å². The highest BCUT2D eigenvalue weighted by atomic mass is 16.5. The number of hydrogen-bond donors (Lipinski definition) is 1. The van der Waals surface area contributed by atoms with E-state index in [0.717, 1.165) is 11.5 Å². The lowest BCUT2D eigenvalue weighted by molar-refractivity contribution is 0.0652. The van der Waals surface area contributed by atoms with E-state index in [-0.39, 0.29) is 5.76 Å². The Balaban J connectivity index is 1.83. The van der Waals surface area contributed by atoms with Gasteiger partial charge in [0, 0.05) is 11.6 Å². The van der Waals surface area contributed by atoms with Crippen LogP contribution in [0.3, 0.4) is 0 Å². The van der Waals surface area contributed by atoms with Gasteiger partial charge in [-0.15, -0.1) is 0 Å². The summed E-state index contributed by atoms with van der Waals surface area (Å²) < 4.78 is 4.83. The molecule has 4 heteroatoms. The monoisotopic (exact) mass is 285 g/mol. The minimum Gasteiger partial charge on any atom is -0.475 e. The molecule has 1 N–H and O–H groups in total. The molecule has 0 saturated heterocycles. The standard InChI is InChI=1S/C17H19NO3/c1-11-5-7-12(8-6-11)13-3-2-4-14(9-13)15-10-16(17(19)20)21-18-15/h2-4,9-12H,5-8H2,1H3,(H,19,20). The van der Waals surface area contributed by atoms with E-state index in [0.29, 0.717) is 11.6 Å². The minimum atomic E-state index is -1.09. The number of nitrogens with zero attached hydrogens (tertiary/aromatic N) is 1. The fraction of sp³-hybridized carbons (Fsp3) is 0.412. The van der Waals surface area contributed by atoms with Crippen molar-refractivity contribution in [2.24, 2.45) is 5.92 Å².